The Morgan fingerprint density at radius 1 is 1.29 bits per heavy atom. The van der Waals surface area contributed by atoms with Crippen molar-refractivity contribution < 1.29 is 4.42 Å². The minimum absolute atomic E-state index is 0.319. The van der Waals surface area contributed by atoms with E-state index in [1.807, 2.05) is 6.92 Å². The molecule has 1 aromatic carbocycles. The highest BCUT2D eigenvalue weighted by molar-refractivity contribution is 5.75. The Kier molecular flexibility index (Phi) is 1.77. The molecule has 0 fully saturated rings. The molecule has 0 unspecified atom stereocenters. The van der Waals surface area contributed by atoms with Crippen LogP contribution < -0.4 is 11.3 Å². The van der Waals surface area contributed by atoms with Crippen molar-refractivity contribution >= 4 is 11.0 Å². The van der Waals surface area contributed by atoms with Gasteiger partial charge in [-0.05, 0) is 19.1 Å². The van der Waals surface area contributed by atoms with Crippen molar-refractivity contribution in [3.8, 4) is 0 Å². The average molecular weight is 191 g/mol. The van der Waals surface area contributed by atoms with E-state index in [0.29, 0.717) is 11.0 Å². The van der Waals surface area contributed by atoms with Crippen LogP contribution in [-0.2, 0) is 7.05 Å². The lowest BCUT2D eigenvalue weighted by atomic mass is 10.2. The van der Waals surface area contributed by atoms with Gasteiger partial charge in [-0.3, -0.25) is 4.79 Å². The van der Waals surface area contributed by atoms with Crippen molar-refractivity contribution in [2.45, 2.75) is 6.92 Å². The maximum absolute atomic E-state index is 11.6. The molecular weight excluding hydrogens is 182 g/mol. The van der Waals surface area contributed by atoms with Gasteiger partial charge in [0.2, 0.25) is 0 Å². The third kappa shape index (κ3) is 1.16. The second-order valence-corrected chi connectivity index (χ2v) is 3.23. The van der Waals surface area contributed by atoms with Crippen molar-refractivity contribution in [3.63, 3.8) is 0 Å². The van der Waals surface area contributed by atoms with E-state index in [9.17, 15) is 9.59 Å². The zero-order valence-corrected chi connectivity index (χ0v) is 7.90. The highest BCUT2D eigenvalue weighted by Gasteiger charge is 2.05. The quantitative estimate of drug-likeness (QED) is 0.618. The van der Waals surface area contributed by atoms with E-state index in [0.717, 1.165) is 10.1 Å². The lowest BCUT2D eigenvalue weighted by Crippen LogP contribution is -2.29. The summed E-state index contributed by atoms with van der Waals surface area (Å²) in [5, 5.41) is 0.437. The van der Waals surface area contributed by atoms with Gasteiger partial charge in [0.15, 0.2) is 0 Å². The molecule has 0 aliphatic rings. The first kappa shape index (κ1) is 8.74. The molecule has 0 aliphatic carbocycles. The molecule has 14 heavy (non-hydrogen) atoms. The molecule has 0 N–H and O–H groups in total. The van der Waals surface area contributed by atoms with Gasteiger partial charge in [0.05, 0.1) is 5.39 Å². The third-order valence-corrected chi connectivity index (χ3v) is 2.14. The molecule has 0 radical (unpaired) electrons. The van der Waals surface area contributed by atoms with Crippen LogP contribution in [0.2, 0.25) is 0 Å². The van der Waals surface area contributed by atoms with Gasteiger partial charge in [-0.2, -0.15) is 0 Å². The van der Waals surface area contributed by atoms with Crippen molar-refractivity contribution in [1.29, 1.82) is 0 Å². The molecule has 0 spiro atoms. The Bertz CT molecular complexity index is 607. The van der Waals surface area contributed by atoms with Gasteiger partial charge >= 0.3 is 5.76 Å². The molecule has 0 amide bonds. The van der Waals surface area contributed by atoms with E-state index in [2.05, 4.69) is 0 Å². The molecule has 72 valence electrons. The van der Waals surface area contributed by atoms with Crippen LogP contribution in [0.15, 0.2) is 32.2 Å². The van der Waals surface area contributed by atoms with Gasteiger partial charge in [-0.15, -0.1) is 0 Å². The molecule has 2 rings (SSSR count). The zero-order valence-electron chi connectivity index (χ0n) is 7.90. The zero-order chi connectivity index (χ0) is 10.3. The Balaban J connectivity index is 3.07. The summed E-state index contributed by atoms with van der Waals surface area (Å²) in [7, 11) is 1.40. The van der Waals surface area contributed by atoms with E-state index in [-0.39, 0.29) is 5.56 Å². The van der Waals surface area contributed by atoms with Crippen molar-refractivity contribution in [3.05, 3.63) is 44.7 Å². The van der Waals surface area contributed by atoms with E-state index in [4.69, 9.17) is 4.42 Å². The number of rotatable bonds is 0. The maximum atomic E-state index is 11.6. The number of benzene rings is 1. The highest BCUT2D eigenvalue weighted by atomic mass is 16.4. The van der Waals surface area contributed by atoms with E-state index >= 15 is 0 Å². The third-order valence-electron chi connectivity index (χ3n) is 2.14. The summed E-state index contributed by atoms with van der Waals surface area (Å²) < 4.78 is 5.90. The summed E-state index contributed by atoms with van der Waals surface area (Å²) in [6.07, 6.45) is 0. The fourth-order valence-electron chi connectivity index (χ4n) is 1.33. The summed E-state index contributed by atoms with van der Waals surface area (Å²) in [6.45, 7) is 1.88. The molecule has 4 nitrogen and oxygen atoms in total. The van der Waals surface area contributed by atoms with Crippen LogP contribution in [0.3, 0.4) is 0 Å². The Labute approximate surface area is 79.4 Å². The number of hydrogen-bond acceptors (Lipinski definition) is 3. The maximum Gasteiger partial charge on any atom is 0.422 e. The minimum atomic E-state index is -0.633. The number of nitrogens with zero attached hydrogens (tertiary/aromatic N) is 1. The van der Waals surface area contributed by atoms with Crippen molar-refractivity contribution in [2.24, 2.45) is 7.05 Å². The average Bonchev–Trinajstić information content (AvgIpc) is 2.16. The number of aromatic nitrogens is 1. The summed E-state index contributed by atoms with van der Waals surface area (Å²) in [5.74, 6) is -0.633. The number of aryl methyl sites for hydroxylation is 1. The highest BCUT2D eigenvalue weighted by Crippen LogP contribution is 2.09. The Morgan fingerprint density at radius 3 is 2.71 bits per heavy atom. The van der Waals surface area contributed by atoms with Crippen LogP contribution in [0.1, 0.15) is 5.56 Å². The van der Waals surface area contributed by atoms with Crippen molar-refractivity contribution in [2.75, 3.05) is 0 Å². The van der Waals surface area contributed by atoms with Gasteiger partial charge in [-0.25, -0.2) is 9.36 Å². The second-order valence-electron chi connectivity index (χ2n) is 3.23. The first-order valence-corrected chi connectivity index (χ1v) is 4.20. The molecule has 0 atom stereocenters. The smallest absolute Gasteiger partial charge is 0.409 e. The molecule has 0 saturated carbocycles. The van der Waals surface area contributed by atoms with Gasteiger partial charge in [0.25, 0.3) is 5.56 Å². The summed E-state index contributed by atoms with van der Waals surface area (Å²) in [5.41, 5.74) is 0.979. The van der Waals surface area contributed by atoms with Crippen molar-refractivity contribution in [1.82, 2.24) is 4.57 Å². The van der Waals surface area contributed by atoms with Gasteiger partial charge in [-0.1, -0.05) is 11.6 Å². The molecule has 1 heterocycles. The van der Waals surface area contributed by atoms with Crippen LogP contribution >= 0.6 is 0 Å². The molecule has 1 aromatic heterocycles. The lowest BCUT2D eigenvalue weighted by Gasteiger charge is -1.99. The van der Waals surface area contributed by atoms with E-state index in [1.165, 1.54) is 7.05 Å². The second kappa shape index (κ2) is 2.83. The molecule has 0 bridgehead atoms. The SMILES string of the molecule is Cc1ccc2oc(=O)n(C)c(=O)c2c1. The summed E-state index contributed by atoms with van der Waals surface area (Å²) in [4.78, 5) is 22.7. The first-order chi connectivity index (χ1) is 6.59. The predicted octanol–water partition coefficient (Wildman–Crippen LogP) is 0.800. The minimum Gasteiger partial charge on any atom is -0.409 e. The number of fused-ring (bicyclic) bond motifs is 1. The van der Waals surface area contributed by atoms with Gasteiger partial charge in [0, 0.05) is 7.05 Å². The van der Waals surface area contributed by atoms with Gasteiger partial charge in [0.1, 0.15) is 5.58 Å². The first-order valence-electron chi connectivity index (χ1n) is 4.20. The van der Waals surface area contributed by atoms with Crippen LogP contribution in [0.25, 0.3) is 11.0 Å². The van der Waals surface area contributed by atoms with E-state index in [1.54, 1.807) is 18.2 Å². The van der Waals surface area contributed by atoms with Crippen LogP contribution in [0.4, 0.5) is 0 Å². The topological polar surface area (TPSA) is 52.2 Å². The van der Waals surface area contributed by atoms with Crippen LogP contribution in [-0.4, -0.2) is 4.57 Å². The largest absolute Gasteiger partial charge is 0.422 e. The summed E-state index contributed by atoms with van der Waals surface area (Å²) in [6, 6.07) is 5.14. The van der Waals surface area contributed by atoms with E-state index < -0.39 is 5.76 Å². The Hall–Kier alpha value is -1.84. The van der Waals surface area contributed by atoms with Gasteiger partial charge < -0.3 is 4.42 Å². The molecule has 2 aromatic rings. The fourth-order valence-corrected chi connectivity index (χ4v) is 1.33. The normalized spacial score (nSPS) is 10.7. The summed E-state index contributed by atoms with van der Waals surface area (Å²) >= 11 is 0. The fraction of sp³-hybridized carbons (Fsp3) is 0.200. The molecule has 4 heteroatoms. The predicted molar refractivity (Wildman–Crippen MR) is 52.5 cm³/mol. The standard InChI is InChI=1S/C10H9NO3/c1-6-3-4-8-7(5-6)9(12)11(2)10(13)14-8/h3-5H,1-2H3. The molecular formula is C10H9NO3. The Morgan fingerprint density at radius 2 is 2.00 bits per heavy atom. The molecule has 0 saturated heterocycles. The monoisotopic (exact) mass is 191 g/mol. The molecule has 0 aliphatic heterocycles. The van der Waals surface area contributed by atoms with Crippen LogP contribution in [0.5, 0.6) is 0 Å². The number of hydrogen-bond donors (Lipinski definition) is 0. The van der Waals surface area contributed by atoms with Crippen LogP contribution in [0, 0.1) is 6.92 Å². The lowest BCUT2D eigenvalue weighted by molar-refractivity contribution is 0.485.